The van der Waals surface area contributed by atoms with Crippen molar-refractivity contribution in [1.29, 1.82) is 0 Å². The first-order valence-corrected chi connectivity index (χ1v) is 4.84. The molecule has 0 fully saturated rings. The average Bonchev–Trinajstić information content (AvgIpc) is 2.21. The third kappa shape index (κ3) is 2.96. The van der Waals surface area contributed by atoms with Crippen molar-refractivity contribution in [2.45, 2.75) is 6.92 Å². The summed E-state index contributed by atoms with van der Waals surface area (Å²) >= 11 is 5.89. The van der Waals surface area contributed by atoms with E-state index in [4.69, 9.17) is 16.3 Å². The summed E-state index contributed by atoms with van der Waals surface area (Å²) in [4.78, 5) is 0. The lowest BCUT2D eigenvalue weighted by molar-refractivity contribution is 0.415. The Hall–Kier alpha value is -1.15. The van der Waals surface area contributed by atoms with Gasteiger partial charge in [-0.05, 0) is 19.1 Å². The minimum Gasteiger partial charge on any atom is -0.495 e. The number of hydrogen-bond donors (Lipinski definition) is 1. The van der Waals surface area contributed by atoms with Gasteiger partial charge in [0.2, 0.25) is 0 Å². The smallest absolute Gasteiger partial charge is 0.139 e. The Morgan fingerprint density at radius 3 is 2.93 bits per heavy atom. The van der Waals surface area contributed by atoms with E-state index in [9.17, 15) is 0 Å². The van der Waals surface area contributed by atoms with E-state index in [1.807, 2.05) is 37.3 Å². The largest absolute Gasteiger partial charge is 0.495 e. The van der Waals surface area contributed by atoms with E-state index < -0.39 is 0 Å². The van der Waals surface area contributed by atoms with Crippen LogP contribution in [0, 0.1) is 0 Å². The zero-order valence-electron chi connectivity index (χ0n) is 8.38. The normalized spacial score (nSPS) is 10.5. The van der Waals surface area contributed by atoms with Crippen LogP contribution in [0.15, 0.2) is 30.4 Å². The second-order valence-electron chi connectivity index (χ2n) is 2.80. The van der Waals surface area contributed by atoms with Gasteiger partial charge in [0.25, 0.3) is 0 Å². The Kier molecular flexibility index (Phi) is 4.33. The van der Waals surface area contributed by atoms with Crippen LogP contribution in [0.5, 0.6) is 5.75 Å². The third-order valence-electron chi connectivity index (χ3n) is 1.81. The number of allylic oxidation sites excluding steroid dienone is 1. The van der Waals surface area contributed by atoms with Crippen LogP contribution in [0.3, 0.4) is 0 Å². The molecule has 0 aromatic heterocycles. The predicted molar refractivity (Wildman–Crippen MR) is 61.3 cm³/mol. The van der Waals surface area contributed by atoms with Crippen LogP contribution in [0.4, 0.5) is 5.69 Å². The lowest BCUT2D eigenvalue weighted by Crippen LogP contribution is -1.98. The van der Waals surface area contributed by atoms with Gasteiger partial charge in [-0.3, -0.25) is 0 Å². The molecule has 0 aliphatic rings. The molecule has 0 heterocycles. The number of benzene rings is 1. The molecule has 1 aromatic carbocycles. The van der Waals surface area contributed by atoms with E-state index in [1.54, 1.807) is 7.11 Å². The number of rotatable bonds is 4. The van der Waals surface area contributed by atoms with Gasteiger partial charge in [0.05, 0.1) is 12.1 Å². The Morgan fingerprint density at radius 1 is 1.50 bits per heavy atom. The van der Waals surface area contributed by atoms with E-state index in [-0.39, 0.29) is 0 Å². The second kappa shape index (κ2) is 5.55. The molecule has 0 radical (unpaired) electrons. The van der Waals surface area contributed by atoms with E-state index in [2.05, 4.69) is 5.32 Å². The summed E-state index contributed by atoms with van der Waals surface area (Å²) in [6.45, 7) is 2.80. The van der Waals surface area contributed by atoms with Crippen molar-refractivity contribution in [3.63, 3.8) is 0 Å². The minimum absolute atomic E-state index is 0.629. The summed E-state index contributed by atoms with van der Waals surface area (Å²) in [6, 6.07) is 5.62. The first kappa shape index (κ1) is 10.9. The van der Waals surface area contributed by atoms with Crippen LogP contribution < -0.4 is 10.1 Å². The molecular weight excluding hydrogens is 198 g/mol. The highest BCUT2D eigenvalue weighted by atomic mass is 35.5. The molecule has 76 valence electrons. The molecule has 0 bridgehead atoms. The zero-order chi connectivity index (χ0) is 10.4. The summed E-state index contributed by atoms with van der Waals surface area (Å²) < 4.78 is 5.10. The number of methoxy groups -OCH3 is 1. The molecule has 0 atom stereocenters. The highest BCUT2D eigenvalue weighted by molar-refractivity contribution is 6.32. The highest BCUT2D eigenvalue weighted by Crippen LogP contribution is 2.27. The monoisotopic (exact) mass is 211 g/mol. The van der Waals surface area contributed by atoms with Crippen LogP contribution in [0.1, 0.15) is 6.92 Å². The van der Waals surface area contributed by atoms with Crippen LogP contribution in [0.2, 0.25) is 5.02 Å². The Balaban J connectivity index is 2.69. The van der Waals surface area contributed by atoms with Crippen LogP contribution in [0.25, 0.3) is 0 Å². The van der Waals surface area contributed by atoms with Gasteiger partial charge >= 0.3 is 0 Å². The fourth-order valence-corrected chi connectivity index (χ4v) is 1.26. The molecule has 0 saturated heterocycles. The van der Waals surface area contributed by atoms with Gasteiger partial charge in [-0.15, -0.1) is 0 Å². The van der Waals surface area contributed by atoms with Crippen molar-refractivity contribution in [1.82, 2.24) is 0 Å². The summed E-state index contributed by atoms with van der Waals surface area (Å²) in [7, 11) is 1.61. The summed E-state index contributed by atoms with van der Waals surface area (Å²) in [5.74, 6) is 0.692. The molecule has 14 heavy (non-hydrogen) atoms. The molecule has 2 nitrogen and oxygen atoms in total. The van der Waals surface area contributed by atoms with Gasteiger partial charge in [-0.25, -0.2) is 0 Å². The van der Waals surface area contributed by atoms with E-state index >= 15 is 0 Å². The van der Waals surface area contributed by atoms with E-state index in [0.717, 1.165) is 12.2 Å². The first-order chi connectivity index (χ1) is 6.77. The molecule has 0 saturated carbocycles. The molecule has 3 heteroatoms. The second-order valence-corrected chi connectivity index (χ2v) is 3.21. The highest BCUT2D eigenvalue weighted by Gasteiger charge is 2.00. The standard InChI is InChI=1S/C11H14ClNO/c1-3-4-7-13-9-5-6-10(12)11(8-9)14-2/h3-6,8,13H,7H2,1-2H3/b4-3+. The average molecular weight is 212 g/mol. The molecular formula is C11H14ClNO. The minimum atomic E-state index is 0.629. The van der Waals surface area contributed by atoms with Crippen LogP contribution >= 0.6 is 11.6 Å². The lowest BCUT2D eigenvalue weighted by Gasteiger charge is -2.07. The number of hydrogen-bond acceptors (Lipinski definition) is 2. The van der Waals surface area contributed by atoms with Crippen molar-refractivity contribution in [3.05, 3.63) is 35.4 Å². The number of ether oxygens (including phenoxy) is 1. The molecule has 0 spiro atoms. The van der Waals surface area contributed by atoms with Crippen molar-refractivity contribution in [3.8, 4) is 5.75 Å². The first-order valence-electron chi connectivity index (χ1n) is 4.46. The topological polar surface area (TPSA) is 21.3 Å². The Labute approximate surface area is 89.5 Å². The number of anilines is 1. The summed E-state index contributed by atoms with van der Waals surface area (Å²) in [6.07, 6.45) is 4.04. The van der Waals surface area contributed by atoms with Crippen LogP contribution in [-0.4, -0.2) is 13.7 Å². The van der Waals surface area contributed by atoms with E-state index in [1.165, 1.54) is 0 Å². The fraction of sp³-hybridized carbons (Fsp3) is 0.273. The molecule has 1 aromatic rings. The Morgan fingerprint density at radius 2 is 2.29 bits per heavy atom. The van der Waals surface area contributed by atoms with Gasteiger partial charge in [0.15, 0.2) is 0 Å². The molecule has 0 aliphatic heterocycles. The fourth-order valence-electron chi connectivity index (χ4n) is 1.06. The van der Waals surface area contributed by atoms with Gasteiger partial charge in [-0.1, -0.05) is 23.8 Å². The Bertz CT molecular complexity index is 323. The van der Waals surface area contributed by atoms with Crippen LogP contribution in [-0.2, 0) is 0 Å². The quantitative estimate of drug-likeness (QED) is 0.772. The maximum Gasteiger partial charge on any atom is 0.139 e. The molecule has 1 N–H and O–H groups in total. The molecule has 1 rings (SSSR count). The van der Waals surface area contributed by atoms with Gasteiger partial charge in [0, 0.05) is 18.3 Å². The maximum atomic E-state index is 5.89. The lowest BCUT2D eigenvalue weighted by atomic mass is 10.3. The summed E-state index contributed by atoms with van der Waals surface area (Å²) in [5.41, 5.74) is 1.00. The van der Waals surface area contributed by atoms with Crippen molar-refractivity contribution < 1.29 is 4.74 Å². The molecule has 0 unspecified atom stereocenters. The van der Waals surface area contributed by atoms with Gasteiger partial charge in [0.1, 0.15) is 5.75 Å². The predicted octanol–water partition coefficient (Wildman–Crippen LogP) is 3.34. The molecule has 0 amide bonds. The SMILES string of the molecule is C/C=C/CNc1ccc(Cl)c(OC)c1. The summed E-state index contributed by atoms with van der Waals surface area (Å²) in [5, 5.41) is 3.85. The zero-order valence-corrected chi connectivity index (χ0v) is 9.14. The number of nitrogens with one attached hydrogen (secondary N) is 1. The third-order valence-corrected chi connectivity index (χ3v) is 2.12. The maximum absolute atomic E-state index is 5.89. The number of halogens is 1. The van der Waals surface area contributed by atoms with Crippen molar-refractivity contribution in [2.75, 3.05) is 19.0 Å². The van der Waals surface area contributed by atoms with Gasteiger partial charge in [-0.2, -0.15) is 0 Å². The van der Waals surface area contributed by atoms with Crippen molar-refractivity contribution >= 4 is 17.3 Å². The van der Waals surface area contributed by atoms with Gasteiger partial charge < -0.3 is 10.1 Å². The molecule has 0 aliphatic carbocycles. The van der Waals surface area contributed by atoms with Crippen molar-refractivity contribution in [2.24, 2.45) is 0 Å². The van der Waals surface area contributed by atoms with E-state index in [0.29, 0.717) is 10.8 Å².